The van der Waals surface area contributed by atoms with Gasteiger partial charge in [-0.2, -0.15) is 0 Å². The molecule has 3 aliphatic heterocycles. The van der Waals surface area contributed by atoms with E-state index >= 15 is 4.11 Å². The van der Waals surface area contributed by atoms with Gasteiger partial charge in [-0.25, -0.2) is 0 Å². The second kappa shape index (κ2) is 14.7. The number of ether oxygens (including phenoxy) is 2. The van der Waals surface area contributed by atoms with Crippen molar-refractivity contribution in [2.75, 3.05) is 30.1 Å². The number of hydrogen-bond acceptors (Lipinski definition) is 7. The number of esters is 1. The third-order valence-corrected chi connectivity index (χ3v) is 13.3. The van der Waals surface area contributed by atoms with E-state index in [4.69, 9.17) is 9.47 Å². The molecule has 0 aromatic heterocycles. The average molecular weight is 716 g/mol. The van der Waals surface area contributed by atoms with Gasteiger partial charge in [0.2, 0.25) is 20.7 Å². The maximum absolute atomic E-state index is 16.6. The zero-order valence-electron chi connectivity index (χ0n) is 29.6. The van der Waals surface area contributed by atoms with Crippen LogP contribution in [0.1, 0.15) is 49.3 Å². The molecule has 10 nitrogen and oxygen atoms in total. The Morgan fingerprint density at radius 1 is 1.06 bits per heavy atom. The molecule has 3 aliphatic rings. The van der Waals surface area contributed by atoms with Crippen molar-refractivity contribution in [3.8, 4) is 0 Å². The first kappa shape index (κ1) is 36.4. The van der Waals surface area contributed by atoms with Crippen molar-refractivity contribution >= 4 is 49.7 Å². The van der Waals surface area contributed by atoms with Gasteiger partial charge in [-0.1, -0.05) is 49.4 Å². The molecular formula is C39H46FN3O7Si. The van der Waals surface area contributed by atoms with E-state index in [1.165, 1.54) is 12.0 Å². The SMILES string of the molecule is COC(=O)CCCCN1C(=O)[C@]2(O[C@H](CC(=O)N3Cc4ccccc4C[C@H]3CO)[C@@H]([Si](C)(C)F)[C@@H]2C)c2cc(N(C=O)c3ccccc3)ccc21. The number of halogens is 1. The number of hydrogen-bond donors (Lipinski definition) is 1. The molecule has 0 saturated carbocycles. The van der Waals surface area contributed by atoms with Crippen LogP contribution in [0.25, 0.3) is 0 Å². The fourth-order valence-electron chi connectivity index (χ4n) is 8.44. The minimum absolute atomic E-state index is 0.151. The summed E-state index contributed by atoms with van der Waals surface area (Å²) in [6.45, 7) is 5.40. The van der Waals surface area contributed by atoms with Gasteiger partial charge in [0, 0.05) is 47.9 Å². The van der Waals surface area contributed by atoms with Crippen LogP contribution in [0.3, 0.4) is 0 Å². The molecule has 1 N–H and O–H groups in total. The largest absolute Gasteiger partial charge is 0.469 e. The summed E-state index contributed by atoms with van der Waals surface area (Å²) in [6.07, 6.45) is 1.36. The lowest BCUT2D eigenvalue weighted by atomic mass is 9.82. The predicted octanol–water partition coefficient (Wildman–Crippen LogP) is 5.78. The van der Waals surface area contributed by atoms with Gasteiger partial charge in [-0.05, 0) is 73.8 Å². The molecule has 3 heterocycles. The number of nitrogens with zero attached hydrogens (tertiary/aromatic N) is 3. The lowest BCUT2D eigenvalue weighted by molar-refractivity contribution is -0.151. The number of methoxy groups -OCH3 is 1. The number of anilines is 3. The number of rotatable bonds is 12. The Morgan fingerprint density at radius 3 is 2.43 bits per heavy atom. The van der Waals surface area contributed by atoms with Crippen molar-refractivity contribution in [3.05, 3.63) is 89.5 Å². The van der Waals surface area contributed by atoms with Gasteiger partial charge in [0.05, 0.1) is 38.0 Å². The van der Waals surface area contributed by atoms with E-state index in [-0.39, 0.29) is 43.8 Å². The van der Waals surface area contributed by atoms with E-state index < -0.39 is 37.6 Å². The molecule has 3 aromatic rings. The monoisotopic (exact) mass is 715 g/mol. The second-order valence-electron chi connectivity index (χ2n) is 14.3. The zero-order valence-corrected chi connectivity index (χ0v) is 30.6. The maximum Gasteiger partial charge on any atom is 0.305 e. The Kier molecular flexibility index (Phi) is 10.5. The van der Waals surface area contributed by atoms with E-state index in [2.05, 4.69) is 0 Å². The first-order valence-electron chi connectivity index (χ1n) is 17.6. The first-order valence-corrected chi connectivity index (χ1v) is 20.6. The lowest BCUT2D eigenvalue weighted by Gasteiger charge is -2.37. The van der Waals surface area contributed by atoms with Gasteiger partial charge >= 0.3 is 5.97 Å². The number of unbranched alkanes of at least 4 members (excludes halogenated alkanes) is 1. The maximum atomic E-state index is 16.6. The molecule has 0 radical (unpaired) electrons. The summed E-state index contributed by atoms with van der Waals surface area (Å²) < 4.78 is 28.2. The average Bonchev–Trinajstić information content (AvgIpc) is 3.55. The van der Waals surface area contributed by atoms with E-state index in [9.17, 15) is 24.3 Å². The minimum atomic E-state index is -3.59. The number of aliphatic hydroxyl groups excluding tert-OH is 1. The summed E-state index contributed by atoms with van der Waals surface area (Å²) in [5.41, 5.74) is 1.99. The fourth-order valence-corrected chi connectivity index (χ4v) is 10.9. The van der Waals surface area contributed by atoms with E-state index in [0.29, 0.717) is 54.8 Å². The molecule has 1 spiro atoms. The number of fused-ring (bicyclic) bond motifs is 3. The van der Waals surface area contributed by atoms with Crippen molar-refractivity contribution in [2.45, 2.75) is 82.0 Å². The van der Waals surface area contributed by atoms with Gasteiger partial charge in [0.25, 0.3) is 5.91 Å². The number of carbonyl (C=O) groups excluding carboxylic acids is 4. The van der Waals surface area contributed by atoms with Crippen molar-refractivity contribution < 1.29 is 37.9 Å². The van der Waals surface area contributed by atoms with Gasteiger partial charge in [-0.3, -0.25) is 24.1 Å². The quantitative estimate of drug-likeness (QED) is 0.0831. The highest BCUT2D eigenvalue weighted by Gasteiger charge is 2.67. The van der Waals surface area contributed by atoms with Crippen molar-refractivity contribution in [3.63, 3.8) is 0 Å². The van der Waals surface area contributed by atoms with Crippen LogP contribution in [-0.4, -0.2) is 75.0 Å². The van der Waals surface area contributed by atoms with Crippen LogP contribution in [-0.2, 0) is 47.2 Å². The first-order chi connectivity index (χ1) is 24.4. The topological polar surface area (TPSA) is 117 Å². The summed E-state index contributed by atoms with van der Waals surface area (Å²) in [7, 11) is -2.26. The normalized spacial score (nSPS) is 24.0. The summed E-state index contributed by atoms with van der Waals surface area (Å²) in [6, 6.07) is 21.8. The Labute approximate surface area is 299 Å². The molecule has 0 aliphatic carbocycles. The highest BCUT2D eigenvalue weighted by atomic mass is 28.4. The van der Waals surface area contributed by atoms with E-state index in [0.717, 1.165) is 11.1 Å². The lowest BCUT2D eigenvalue weighted by Crippen LogP contribution is -2.48. The summed E-state index contributed by atoms with van der Waals surface area (Å²) in [5.74, 6) is -1.61. The van der Waals surface area contributed by atoms with Crippen LogP contribution in [0.5, 0.6) is 0 Å². The number of para-hydroxylation sites is 1. The number of aliphatic hydroxyl groups is 1. The van der Waals surface area contributed by atoms with E-state index in [1.807, 2.05) is 49.4 Å². The van der Waals surface area contributed by atoms with E-state index in [1.54, 1.807) is 53.2 Å². The Balaban J connectivity index is 1.38. The number of benzene rings is 3. The molecular weight excluding hydrogens is 670 g/mol. The molecule has 0 unspecified atom stereocenters. The standard InChI is InChI=1S/C39H46FN3O7Si/c1-26-37(51(3,4)40)34(22-35(46)42-23-28-13-9-8-12-27(28)20-31(42)24-44)50-39(26)32-21-30(43(25-45)29-14-6-5-7-15-29)17-18-33(32)41(38(39)48)19-11-10-16-36(47)49-2/h5-9,12-15,17-18,21,25-26,31,34,37,44H,10-11,16,19-20,22-24H2,1-4H3/t26-,31-,34+,37-,39+/m0/s1. The zero-order chi connectivity index (χ0) is 36.5. The summed E-state index contributed by atoms with van der Waals surface area (Å²) in [5, 5.41) is 10.3. The molecule has 1 saturated heterocycles. The third kappa shape index (κ3) is 6.72. The molecule has 6 rings (SSSR count). The van der Waals surface area contributed by atoms with Gasteiger partial charge in [-0.15, -0.1) is 0 Å². The van der Waals surface area contributed by atoms with Crippen LogP contribution < -0.4 is 9.80 Å². The van der Waals surface area contributed by atoms with Crippen molar-refractivity contribution in [1.82, 2.24) is 4.90 Å². The second-order valence-corrected chi connectivity index (χ2v) is 18.1. The molecule has 270 valence electrons. The summed E-state index contributed by atoms with van der Waals surface area (Å²) >= 11 is 0. The number of amides is 3. The van der Waals surface area contributed by atoms with Gasteiger partial charge in [0.1, 0.15) is 0 Å². The molecule has 5 atom stereocenters. The Morgan fingerprint density at radius 2 is 1.76 bits per heavy atom. The van der Waals surface area contributed by atoms with Gasteiger partial charge in [0.15, 0.2) is 5.60 Å². The molecule has 12 heteroatoms. The van der Waals surface area contributed by atoms with Crippen LogP contribution in [0.15, 0.2) is 72.8 Å². The van der Waals surface area contributed by atoms with Gasteiger partial charge < -0.3 is 28.5 Å². The minimum Gasteiger partial charge on any atom is -0.469 e. The highest BCUT2D eigenvalue weighted by molar-refractivity contribution is 6.72. The molecule has 3 amide bonds. The molecule has 1 fully saturated rings. The summed E-state index contributed by atoms with van der Waals surface area (Å²) in [4.78, 5) is 58.0. The highest BCUT2D eigenvalue weighted by Crippen LogP contribution is 2.60. The third-order valence-electron chi connectivity index (χ3n) is 10.9. The van der Waals surface area contributed by atoms with Crippen molar-refractivity contribution in [2.24, 2.45) is 5.92 Å². The van der Waals surface area contributed by atoms with Crippen LogP contribution in [0.2, 0.25) is 18.6 Å². The molecule has 0 bridgehead atoms. The predicted molar refractivity (Wildman–Crippen MR) is 194 cm³/mol. The fraction of sp³-hybridized carbons (Fsp3) is 0.436. The number of carbonyl (C=O) groups is 4. The smallest absolute Gasteiger partial charge is 0.305 e. The molecule has 51 heavy (non-hydrogen) atoms. The molecule has 3 aromatic carbocycles. The Bertz CT molecular complexity index is 1790. The van der Waals surface area contributed by atoms with Crippen LogP contribution >= 0.6 is 0 Å². The van der Waals surface area contributed by atoms with Crippen LogP contribution in [0.4, 0.5) is 21.2 Å². The van der Waals surface area contributed by atoms with Crippen molar-refractivity contribution in [1.29, 1.82) is 0 Å². The van der Waals surface area contributed by atoms with Crippen LogP contribution in [0, 0.1) is 5.92 Å². The Hall–Kier alpha value is -4.39.